The van der Waals surface area contributed by atoms with Gasteiger partial charge in [0.1, 0.15) is 17.8 Å². The van der Waals surface area contributed by atoms with Crippen LogP contribution in [0, 0.1) is 0 Å². The molecule has 1 aromatic rings. The van der Waals surface area contributed by atoms with Gasteiger partial charge in [0.05, 0.1) is 13.2 Å². The summed E-state index contributed by atoms with van der Waals surface area (Å²) in [6, 6.07) is 9.81. The maximum Gasteiger partial charge on any atom is 0.158 e. The molecular weight excluding hydrogens is 283 g/mol. The molecule has 1 aliphatic carbocycles. The van der Waals surface area contributed by atoms with E-state index in [9.17, 15) is 4.39 Å². The van der Waals surface area contributed by atoms with Crippen molar-refractivity contribution in [2.24, 2.45) is 0 Å². The summed E-state index contributed by atoms with van der Waals surface area (Å²) in [4.78, 5) is 0. The lowest BCUT2D eigenvalue weighted by atomic mass is 9.96. The fourth-order valence-electron chi connectivity index (χ4n) is 3.03. The number of hydrogen-bond donors (Lipinski definition) is 0. The SMILES string of the molecule is CCCCO[C@@H]1C=C[C@@]2(OCc3ccccc3)C1OC[C@H]2F. The van der Waals surface area contributed by atoms with E-state index in [4.69, 9.17) is 14.2 Å². The minimum Gasteiger partial charge on any atom is -0.371 e. The third-order valence-corrected chi connectivity index (χ3v) is 4.34. The lowest BCUT2D eigenvalue weighted by Gasteiger charge is -2.31. The van der Waals surface area contributed by atoms with Crippen LogP contribution in [0.4, 0.5) is 4.39 Å². The molecule has 0 saturated carbocycles. The van der Waals surface area contributed by atoms with Crippen LogP contribution in [0.15, 0.2) is 42.5 Å². The van der Waals surface area contributed by atoms with Crippen LogP contribution in [0.2, 0.25) is 0 Å². The van der Waals surface area contributed by atoms with Crippen LogP contribution in [-0.2, 0) is 20.8 Å². The maximum atomic E-state index is 14.4. The van der Waals surface area contributed by atoms with Crippen molar-refractivity contribution in [3.8, 4) is 0 Å². The van der Waals surface area contributed by atoms with Gasteiger partial charge in [0, 0.05) is 6.61 Å². The first-order chi connectivity index (χ1) is 10.8. The Bertz CT molecular complexity index is 504. The van der Waals surface area contributed by atoms with Gasteiger partial charge in [0.2, 0.25) is 0 Å². The van der Waals surface area contributed by atoms with E-state index >= 15 is 0 Å². The van der Waals surface area contributed by atoms with E-state index in [1.807, 2.05) is 36.4 Å². The fourth-order valence-corrected chi connectivity index (χ4v) is 3.03. The second-order valence-electron chi connectivity index (χ2n) is 5.90. The fraction of sp³-hybridized carbons (Fsp3) is 0.556. The molecule has 3 rings (SSSR count). The lowest BCUT2D eigenvalue weighted by molar-refractivity contribution is -0.116. The van der Waals surface area contributed by atoms with Gasteiger partial charge in [-0.25, -0.2) is 4.39 Å². The molecule has 0 N–H and O–H groups in total. The highest BCUT2D eigenvalue weighted by Gasteiger charge is 2.58. The van der Waals surface area contributed by atoms with E-state index in [0.29, 0.717) is 13.2 Å². The molecule has 1 heterocycles. The van der Waals surface area contributed by atoms with Gasteiger partial charge < -0.3 is 14.2 Å². The first-order valence-corrected chi connectivity index (χ1v) is 8.01. The molecule has 0 radical (unpaired) electrons. The number of ether oxygens (including phenoxy) is 3. The van der Waals surface area contributed by atoms with Crippen LogP contribution in [0.3, 0.4) is 0 Å². The molecule has 1 fully saturated rings. The average Bonchev–Trinajstić information content (AvgIpc) is 3.06. The van der Waals surface area contributed by atoms with Gasteiger partial charge in [0.25, 0.3) is 0 Å². The molecule has 0 aromatic heterocycles. The second kappa shape index (κ2) is 6.90. The summed E-state index contributed by atoms with van der Waals surface area (Å²) < 4.78 is 31.9. The van der Waals surface area contributed by atoms with Crippen LogP contribution in [-0.4, -0.2) is 37.2 Å². The lowest BCUT2D eigenvalue weighted by Crippen LogP contribution is -2.47. The Labute approximate surface area is 131 Å². The summed E-state index contributed by atoms with van der Waals surface area (Å²) >= 11 is 0. The molecule has 1 aliphatic heterocycles. The zero-order valence-electron chi connectivity index (χ0n) is 12.9. The molecule has 0 bridgehead atoms. The first-order valence-electron chi connectivity index (χ1n) is 8.01. The number of hydrogen-bond acceptors (Lipinski definition) is 3. The Balaban J connectivity index is 1.66. The van der Waals surface area contributed by atoms with Crippen LogP contribution >= 0.6 is 0 Å². The molecule has 3 nitrogen and oxygen atoms in total. The molecule has 4 heteroatoms. The Morgan fingerprint density at radius 2 is 2.14 bits per heavy atom. The van der Waals surface area contributed by atoms with Crippen LogP contribution in [0.25, 0.3) is 0 Å². The molecule has 0 amide bonds. The first kappa shape index (κ1) is 15.7. The van der Waals surface area contributed by atoms with Crippen molar-refractivity contribution >= 4 is 0 Å². The second-order valence-corrected chi connectivity index (χ2v) is 5.90. The Kier molecular flexibility index (Phi) is 4.91. The number of benzene rings is 1. The largest absolute Gasteiger partial charge is 0.371 e. The molecule has 2 aliphatic rings. The van der Waals surface area contributed by atoms with Crippen molar-refractivity contribution in [3.63, 3.8) is 0 Å². The highest BCUT2D eigenvalue weighted by molar-refractivity contribution is 5.26. The quantitative estimate of drug-likeness (QED) is 0.570. The minimum absolute atomic E-state index is 0.0669. The standard InChI is InChI=1S/C18H23FO3/c1-2-3-11-20-15-9-10-18(16(19)13-21-17(15)18)22-12-14-7-5-4-6-8-14/h4-10,15-17H,2-3,11-13H2,1H3/t15-,16-,17?,18+/m1/s1. The van der Waals surface area contributed by atoms with E-state index in [0.717, 1.165) is 18.4 Å². The third-order valence-electron chi connectivity index (χ3n) is 4.34. The highest BCUT2D eigenvalue weighted by Crippen LogP contribution is 2.41. The molecule has 4 atom stereocenters. The number of halogens is 1. The minimum atomic E-state index is -1.16. The monoisotopic (exact) mass is 306 g/mol. The summed E-state index contributed by atoms with van der Waals surface area (Å²) in [5, 5.41) is 0. The summed E-state index contributed by atoms with van der Waals surface area (Å²) in [5.74, 6) is 0. The van der Waals surface area contributed by atoms with Gasteiger partial charge in [0.15, 0.2) is 6.17 Å². The summed E-state index contributed by atoms with van der Waals surface area (Å²) in [6.45, 7) is 3.21. The van der Waals surface area contributed by atoms with Gasteiger partial charge in [-0.15, -0.1) is 0 Å². The molecule has 1 unspecified atom stereocenters. The summed E-state index contributed by atoms with van der Waals surface area (Å²) in [6.07, 6.45) is 3.99. The Hall–Kier alpha value is -1.23. The van der Waals surface area contributed by atoms with Gasteiger partial charge >= 0.3 is 0 Å². The molecule has 120 valence electrons. The van der Waals surface area contributed by atoms with E-state index in [1.54, 1.807) is 6.08 Å². The Morgan fingerprint density at radius 1 is 1.32 bits per heavy atom. The average molecular weight is 306 g/mol. The molecule has 1 aromatic carbocycles. The highest BCUT2D eigenvalue weighted by atomic mass is 19.1. The summed E-state index contributed by atoms with van der Waals surface area (Å²) in [5.41, 5.74) is 0.0191. The molecular formula is C18H23FO3. The smallest absolute Gasteiger partial charge is 0.158 e. The van der Waals surface area contributed by atoms with Crippen molar-refractivity contribution in [2.75, 3.05) is 13.2 Å². The van der Waals surface area contributed by atoms with Gasteiger partial charge in [-0.1, -0.05) is 49.8 Å². The number of rotatable bonds is 7. The van der Waals surface area contributed by atoms with Crippen LogP contribution in [0.1, 0.15) is 25.3 Å². The third kappa shape index (κ3) is 2.96. The number of unbranched alkanes of at least 4 members (excludes halogenated alkanes) is 1. The summed E-state index contributed by atoms with van der Waals surface area (Å²) in [7, 11) is 0. The Morgan fingerprint density at radius 3 is 2.91 bits per heavy atom. The molecule has 22 heavy (non-hydrogen) atoms. The zero-order chi connectivity index (χ0) is 15.4. The van der Waals surface area contributed by atoms with Crippen LogP contribution < -0.4 is 0 Å². The van der Waals surface area contributed by atoms with Gasteiger partial charge in [-0.3, -0.25) is 0 Å². The van der Waals surface area contributed by atoms with Crippen molar-refractivity contribution in [1.29, 1.82) is 0 Å². The number of fused-ring (bicyclic) bond motifs is 1. The van der Waals surface area contributed by atoms with Crippen molar-refractivity contribution in [2.45, 2.75) is 50.4 Å². The van der Waals surface area contributed by atoms with Crippen molar-refractivity contribution < 1.29 is 18.6 Å². The van der Waals surface area contributed by atoms with E-state index < -0.39 is 11.8 Å². The predicted molar refractivity (Wildman–Crippen MR) is 82.4 cm³/mol. The predicted octanol–water partition coefficient (Wildman–Crippen LogP) is 3.43. The van der Waals surface area contributed by atoms with E-state index in [-0.39, 0.29) is 18.8 Å². The number of alkyl halides is 1. The van der Waals surface area contributed by atoms with Crippen LogP contribution in [0.5, 0.6) is 0 Å². The molecule has 1 saturated heterocycles. The van der Waals surface area contributed by atoms with E-state index in [1.165, 1.54) is 0 Å². The zero-order valence-corrected chi connectivity index (χ0v) is 12.9. The van der Waals surface area contributed by atoms with Gasteiger partial charge in [-0.05, 0) is 18.1 Å². The topological polar surface area (TPSA) is 27.7 Å². The van der Waals surface area contributed by atoms with Crippen molar-refractivity contribution in [3.05, 3.63) is 48.0 Å². The maximum absolute atomic E-state index is 14.4. The molecule has 0 spiro atoms. The van der Waals surface area contributed by atoms with Crippen molar-refractivity contribution in [1.82, 2.24) is 0 Å². The van der Waals surface area contributed by atoms with Gasteiger partial charge in [-0.2, -0.15) is 0 Å². The van der Waals surface area contributed by atoms with E-state index in [2.05, 4.69) is 6.92 Å². The normalized spacial score (nSPS) is 33.3.